The second-order valence-electron chi connectivity index (χ2n) is 5.23. The number of hydrogen-bond acceptors (Lipinski definition) is 3. The monoisotopic (exact) mass is 282 g/mol. The molecule has 2 rings (SSSR count). The minimum atomic E-state index is -0.401. The van der Waals surface area contributed by atoms with E-state index in [2.05, 4.69) is 31.0 Å². The Morgan fingerprint density at radius 1 is 1.05 bits per heavy atom. The molecule has 0 saturated heterocycles. The molecule has 0 aliphatic heterocycles. The average Bonchev–Trinajstić information content (AvgIpc) is 2.48. The van der Waals surface area contributed by atoms with Crippen LogP contribution in [-0.2, 0) is 0 Å². The lowest BCUT2D eigenvalue weighted by Crippen LogP contribution is -2.04. The van der Waals surface area contributed by atoms with Crippen molar-refractivity contribution in [1.29, 1.82) is 0 Å². The Morgan fingerprint density at radius 2 is 1.67 bits per heavy atom. The first kappa shape index (κ1) is 14.9. The van der Waals surface area contributed by atoms with Gasteiger partial charge in [0.15, 0.2) is 0 Å². The van der Waals surface area contributed by atoms with Crippen LogP contribution in [-0.4, -0.2) is 11.1 Å². The lowest BCUT2D eigenvalue weighted by Gasteiger charge is -2.16. The molecule has 4 heteroatoms. The fraction of sp³-hybridized carbons (Fsp3) is 0.235. The van der Waals surface area contributed by atoms with Gasteiger partial charge in [-0.15, -0.1) is 0 Å². The fourth-order valence-electron chi connectivity index (χ4n) is 2.14. The number of benzene rings is 2. The van der Waals surface area contributed by atoms with E-state index in [1.807, 2.05) is 18.2 Å². The molecule has 0 N–H and O–H groups in total. The summed E-state index contributed by atoms with van der Waals surface area (Å²) in [5.74, 6) is 0.377. The van der Waals surface area contributed by atoms with Gasteiger partial charge in [0.05, 0.1) is 11.0 Å². The summed E-state index contributed by atoms with van der Waals surface area (Å²) in [4.78, 5) is 14.9. The second-order valence-corrected chi connectivity index (χ2v) is 5.23. The SMILES string of the molecule is CC(C)[C@H](N=Cc1ccc([N+](=O)[O-])cc1)c1ccccc1. The zero-order valence-corrected chi connectivity index (χ0v) is 12.1. The van der Waals surface area contributed by atoms with E-state index in [0.29, 0.717) is 5.92 Å². The van der Waals surface area contributed by atoms with Crippen molar-refractivity contribution in [3.8, 4) is 0 Å². The molecule has 0 fully saturated rings. The highest BCUT2D eigenvalue weighted by molar-refractivity contribution is 5.80. The van der Waals surface area contributed by atoms with Gasteiger partial charge in [-0.25, -0.2) is 0 Å². The highest BCUT2D eigenvalue weighted by Crippen LogP contribution is 2.25. The summed E-state index contributed by atoms with van der Waals surface area (Å²) in [6.45, 7) is 4.26. The van der Waals surface area contributed by atoms with E-state index in [9.17, 15) is 10.1 Å². The van der Waals surface area contributed by atoms with E-state index in [1.54, 1.807) is 18.3 Å². The van der Waals surface area contributed by atoms with E-state index in [0.717, 1.165) is 5.56 Å². The Bertz CT molecular complexity index is 619. The topological polar surface area (TPSA) is 55.5 Å². The van der Waals surface area contributed by atoms with Gasteiger partial charge in [-0.05, 0) is 29.2 Å². The molecule has 21 heavy (non-hydrogen) atoms. The first-order valence-electron chi connectivity index (χ1n) is 6.90. The molecule has 0 unspecified atom stereocenters. The van der Waals surface area contributed by atoms with Crippen molar-refractivity contribution in [2.75, 3.05) is 0 Å². The number of nitro groups is 1. The Balaban J connectivity index is 2.19. The minimum absolute atomic E-state index is 0.0846. The third-order valence-electron chi connectivity index (χ3n) is 3.26. The van der Waals surface area contributed by atoms with Gasteiger partial charge >= 0.3 is 0 Å². The van der Waals surface area contributed by atoms with Crippen LogP contribution in [0.15, 0.2) is 59.6 Å². The predicted octanol–water partition coefficient (Wildman–Crippen LogP) is 4.41. The summed E-state index contributed by atoms with van der Waals surface area (Å²) < 4.78 is 0. The lowest BCUT2D eigenvalue weighted by molar-refractivity contribution is -0.384. The molecule has 108 valence electrons. The molecule has 0 aliphatic carbocycles. The van der Waals surface area contributed by atoms with Crippen molar-refractivity contribution in [1.82, 2.24) is 0 Å². The van der Waals surface area contributed by atoms with Gasteiger partial charge in [0.25, 0.3) is 5.69 Å². The molecule has 2 aromatic carbocycles. The van der Waals surface area contributed by atoms with E-state index >= 15 is 0 Å². The molecule has 4 nitrogen and oxygen atoms in total. The molecule has 0 aromatic heterocycles. The number of nitrogens with zero attached hydrogens (tertiary/aromatic N) is 2. The molecule has 0 amide bonds. The summed E-state index contributed by atoms with van der Waals surface area (Å²) in [6.07, 6.45) is 1.78. The van der Waals surface area contributed by atoms with Crippen LogP contribution < -0.4 is 0 Å². The van der Waals surface area contributed by atoms with E-state index in [4.69, 9.17) is 0 Å². The van der Waals surface area contributed by atoms with Crippen LogP contribution >= 0.6 is 0 Å². The Hall–Kier alpha value is -2.49. The van der Waals surface area contributed by atoms with Crippen LogP contribution in [0.2, 0.25) is 0 Å². The van der Waals surface area contributed by atoms with Crippen molar-refractivity contribution in [2.24, 2.45) is 10.9 Å². The van der Waals surface area contributed by atoms with Crippen molar-refractivity contribution >= 4 is 11.9 Å². The Morgan fingerprint density at radius 3 is 2.19 bits per heavy atom. The smallest absolute Gasteiger partial charge is 0.269 e. The lowest BCUT2D eigenvalue weighted by atomic mass is 9.97. The van der Waals surface area contributed by atoms with Crippen molar-refractivity contribution in [2.45, 2.75) is 19.9 Å². The zero-order valence-electron chi connectivity index (χ0n) is 12.1. The van der Waals surface area contributed by atoms with Gasteiger partial charge in [0, 0.05) is 18.3 Å². The normalized spacial score (nSPS) is 12.7. The fourth-order valence-corrected chi connectivity index (χ4v) is 2.14. The van der Waals surface area contributed by atoms with Crippen molar-refractivity contribution in [3.63, 3.8) is 0 Å². The molecule has 1 atom stereocenters. The van der Waals surface area contributed by atoms with Crippen LogP contribution in [0.1, 0.15) is 31.0 Å². The Labute approximate surface area is 124 Å². The number of non-ortho nitro benzene ring substituents is 1. The summed E-state index contributed by atoms with van der Waals surface area (Å²) >= 11 is 0. The molecule has 0 spiro atoms. The quantitative estimate of drug-likeness (QED) is 0.463. The third kappa shape index (κ3) is 3.99. The second kappa shape index (κ2) is 6.79. The average molecular weight is 282 g/mol. The minimum Gasteiger partial charge on any atom is -0.284 e. The van der Waals surface area contributed by atoms with Crippen LogP contribution in [0.3, 0.4) is 0 Å². The predicted molar refractivity (Wildman–Crippen MR) is 84.7 cm³/mol. The molecule has 0 saturated carbocycles. The van der Waals surface area contributed by atoms with Gasteiger partial charge in [0.1, 0.15) is 0 Å². The summed E-state index contributed by atoms with van der Waals surface area (Å²) in [5, 5.41) is 10.6. The van der Waals surface area contributed by atoms with Crippen LogP contribution in [0.4, 0.5) is 5.69 Å². The van der Waals surface area contributed by atoms with Gasteiger partial charge in [-0.3, -0.25) is 15.1 Å². The molecular weight excluding hydrogens is 264 g/mol. The molecule has 0 radical (unpaired) electrons. The first-order valence-corrected chi connectivity index (χ1v) is 6.90. The van der Waals surface area contributed by atoms with Gasteiger partial charge < -0.3 is 0 Å². The third-order valence-corrected chi connectivity index (χ3v) is 3.26. The van der Waals surface area contributed by atoms with Gasteiger partial charge in [-0.1, -0.05) is 44.2 Å². The number of rotatable bonds is 5. The van der Waals surface area contributed by atoms with Crippen LogP contribution in [0.25, 0.3) is 0 Å². The summed E-state index contributed by atoms with van der Waals surface area (Å²) in [5.41, 5.74) is 2.13. The van der Waals surface area contributed by atoms with E-state index in [1.165, 1.54) is 17.7 Å². The molecule has 0 bridgehead atoms. The van der Waals surface area contributed by atoms with Crippen molar-refractivity contribution in [3.05, 3.63) is 75.8 Å². The maximum Gasteiger partial charge on any atom is 0.269 e. The largest absolute Gasteiger partial charge is 0.284 e. The summed E-state index contributed by atoms with van der Waals surface area (Å²) in [6, 6.07) is 16.6. The summed E-state index contributed by atoms with van der Waals surface area (Å²) in [7, 11) is 0. The first-order chi connectivity index (χ1) is 10.1. The van der Waals surface area contributed by atoms with Crippen LogP contribution in [0, 0.1) is 16.0 Å². The molecule has 0 aliphatic rings. The molecule has 0 heterocycles. The molecular formula is C17H18N2O2. The number of hydrogen-bond donors (Lipinski definition) is 0. The number of nitro benzene ring substituents is 1. The zero-order chi connectivity index (χ0) is 15.2. The standard InChI is InChI=1S/C17H18N2O2/c1-13(2)17(15-6-4-3-5-7-15)18-12-14-8-10-16(11-9-14)19(20)21/h3-13,17H,1-2H3/t17-/m0/s1. The van der Waals surface area contributed by atoms with Crippen LogP contribution in [0.5, 0.6) is 0 Å². The van der Waals surface area contributed by atoms with E-state index in [-0.39, 0.29) is 11.7 Å². The highest BCUT2D eigenvalue weighted by atomic mass is 16.6. The van der Waals surface area contributed by atoms with Crippen molar-refractivity contribution < 1.29 is 4.92 Å². The number of aliphatic imine (C=N–C) groups is 1. The maximum absolute atomic E-state index is 10.6. The Kier molecular flexibility index (Phi) is 4.82. The van der Waals surface area contributed by atoms with E-state index < -0.39 is 4.92 Å². The molecule has 2 aromatic rings. The maximum atomic E-state index is 10.6. The van der Waals surface area contributed by atoms with Gasteiger partial charge in [0.2, 0.25) is 0 Å². The van der Waals surface area contributed by atoms with Gasteiger partial charge in [-0.2, -0.15) is 0 Å². The highest BCUT2D eigenvalue weighted by Gasteiger charge is 2.13.